The molecule has 2 N–H and O–H groups in total. The van der Waals surface area contributed by atoms with Crippen molar-refractivity contribution < 1.29 is 4.79 Å². The molecule has 1 saturated heterocycles. The highest BCUT2D eigenvalue weighted by molar-refractivity contribution is 5.80. The number of hydrogen-bond donors (Lipinski definition) is 2. The Morgan fingerprint density at radius 1 is 1.25 bits per heavy atom. The zero-order valence-electron chi connectivity index (χ0n) is 15.9. The maximum Gasteiger partial charge on any atom is 0.222 e. The van der Waals surface area contributed by atoms with Crippen LogP contribution >= 0.6 is 0 Å². The molecule has 0 radical (unpaired) electrons. The number of carbonyl (C=O) groups excluding carboxylic acids is 1. The first-order chi connectivity index (χ1) is 11.6. The van der Waals surface area contributed by atoms with E-state index in [1.165, 1.54) is 25.7 Å². The van der Waals surface area contributed by atoms with Crippen LogP contribution in [-0.2, 0) is 4.79 Å². The summed E-state index contributed by atoms with van der Waals surface area (Å²) in [4.78, 5) is 18.8. The van der Waals surface area contributed by atoms with Crippen molar-refractivity contribution in [2.75, 3.05) is 26.2 Å². The molecule has 1 aliphatic carbocycles. The quantitative estimate of drug-likeness (QED) is 0.503. The summed E-state index contributed by atoms with van der Waals surface area (Å²) in [7, 11) is 0. The molecular formula is C19H36N4O. The molecule has 1 unspecified atom stereocenters. The van der Waals surface area contributed by atoms with Crippen LogP contribution in [0.4, 0.5) is 0 Å². The Bertz CT molecular complexity index is 426. The monoisotopic (exact) mass is 336 g/mol. The van der Waals surface area contributed by atoms with Gasteiger partial charge in [0.2, 0.25) is 5.91 Å². The second kappa shape index (κ2) is 9.28. The number of hydrogen-bond acceptors (Lipinski definition) is 2. The zero-order chi connectivity index (χ0) is 17.4. The third-order valence-electron chi connectivity index (χ3n) is 5.87. The lowest BCUT2D eigenvalue weighted by Gasteiger charge is -2.40. The van der Waals surface area contributed by atoms with Gasteiger partial charge in [-0.15, -0.1) is 0 Å². The second-order valence-corrected chi connectivity index (χ2v) is 7.37. The third kappa shape index (κ3) is 4.87. The minimum absolute atomic E-state index is 0.331. The summed E-state index contributed by atoms with van der Waals surface area (Å²) in [5, 5.41) is 6.83. The molecule has 2 rings (SSSR count). The molecule has 5 nitrogen and oxygen atoms in total. The normalized spacial score (nSPS) is 21.5. The molecule has 1 atom stereocenters. The summed E-state index contributed by atoms with van der Waals surface area (Å²) < 4.78 is 0. The van der Waals surface area contributed by atoms with Crippen LogP contribution in [-0.4, -0.2) is 49.0 Å². The minimum atomic E-state index is 0.331. The predicted molar refractivity (Wildman–Crippen MR) is 100 cm³/mol. The SMILES string of the molecule is CCNC(=NCC1(CC)CCC1)NCCC(CC)N1CCCC1=O. The van der Waals surface area contributed by atoms with Crippen LogP contribution in [0.3, 0.4) is 0 Å². The fourth-order valence-electron chi connectivity index (χ4n) is 3.88. The molecule has 24 heavy (non-hydrogen) atoms. The van der Waals surface area contributed by atoms with E-state index in [9.17, 15) is 4.79 Å². The number of rotatable bonds is 9. The van der Waals surface area contributed by atoms with Gasteiger partial charge in [-0.2, -0.15) is 0 Å². The fraction of sp³-hybridized carbons (Fsp3) is 0.895. The highest BCUT2D eigenvalue weighted by Crippen LogP contribution is 2.43. The first-order valence-electron chi connectivity index (χ1n) is 9.95. The summed E-state index contributed by atoms with van der Waals surface area (Å²) in [5.41, 5.74) is 0.455. The van der Waals surface area contributed by atoms with Crippen molar-refractivity contribution in [3.8, 4) is 0 Å². The minimum Gasteiger partial charge on any atom is -0.357 e. The number of nitrogens with zero attached hydrogens (tertiary/aromatic N) is 2. The predicted octanol–water partition coefficient (Wildman–Crippen LogP) is 2.91. The van der Waals surface area contributed by atoms with Gasteiger partial charge in [0, 0.05) is 38.6 Å². The molecule has 2 aliphatic rings. The van der Waals surface area contributed by atoms with E-state index in [0.717, 1.165) is 57.8 Å². The van der Waals surface area contributed by atoms with Crippen molar-refractivity contribution in [1.29, 1.82) is 0 Å². The molecule has 5 heteroatoms. The Hall–Kier alpha value is -1.26. The van der Waals surface area contributed by atoms with E-state index in [-0.39, 0.29) is 0 Å². The van der Waals surface area contributed by atoms with Gasteiger partial charge < -0.3 is 15.5 Å². The Morgan fingerprint density at radius 3 is 2.54 bits per heavy atom. The van der Waals surface area contributed by atoms with Crippen molar-refractivity contribution in [1.82, 2.24) is 15.5 Å². The summed E-state index contributed by atoms with van der Waals surface area (Å²) in [6.07, 6.45) is 8.99. The van der Waals surface area contributed by atoms with Crippen molar-refractivity contribution in [3.63, 3.8) is 0 Å². The van der Waals surface area contributed by atoms with Gasteiger partial charge in [0.15, 0.2) is 5.96 Å². The average Bonchev–Trinajstić information content (AvgIpc) is 2.96. The van der Waals surface area contributed by atoms with Gasteiger partial charge in [0.25, 0.3) is 0 Å². The molecule has 0 aromatic carbocycles. The van der Waals surface area contributed by atoms with E-state index in [0.29, 0.717) is 17.4 Å². The van der Waals surface area contributed by atoms with Crippen LogP contribution in [0.25, 0.3) is 0 Å². The van der Waals surface area contributed by atoms with Crippen LogP contribution in [0.5, 0.6) is 0 Å². The molecule has 0 aromatic rings. The van der Waals surface area contributed by atoms with Gasteiger partial charge >= 0.3 is 0 Å². The van der Waals surface area contributed by atoms with E-state index in [2.05, 4.69) is 36.3 Å². The molecule has 0 bridgehead atoms. The molecule has 1 amide bonds. The van der Waals surface area contributed by atoms with Crippen LogP contribution in [0, 0.1) is 5.41 Å². The Kier molecular flexibility index (Phi) is 7.38. The van der Waals surface area contributed by atoms with E-state index < -0.39 is 0 Å². The lowest BCUT2D eigenvalue weighted by Crippen LogP contribution is -2.43. The fourth-order valence-corrected chi connectivity index (χ4v) is 3.88. The molecule has 1 heterocycles. The van der Waals surface area contributed by atoms with Crippen LogP contribution in [0.15, 0.2) is 4.99 Å². The average molecular weight is 337 g/mol. The number of aliphatic imine (C=N–C) groups is 1. The highest BCUT2D eigenvalue weighted by atomic mass is 16.2. The van der Waals surface area contributed by atoms with Crippen LogP contribution < -0.4 is 10.6 Å². The third-order valence-corrected chi connectivity index (χ3v) is 5.87. The second-order valence-electron chi connectivity index (χ2n) is 7.37. The molecule has 0 aromatic heterocycles. The first kappa shape index (κ1) is 19.1. The summed E-state index contributed by atoms with van der Waals surface area (Å²) >= 11 is 0. The topological polar surface area (TPSA) is 56.7 Å². The number of guanidine groups is 1. The Balaban J connectivity index is 1.80. The lowest BCUT2D eigenvalue weighted by molar-refractivity contribution is -0.129. The number of likely N-dealkylation sites (tertiary alicyclic amines) is 1. The number of nitrogens with one attached hydrogen (secondary N) is 2. The Morgan fingerprint density at radius 2 is 2.04 bits per heavy atom. The van der Waals surface area contributed by atoms with Crippen molar-refractivity contribution >= 4 is 11.9 Å². The lowest BCUT2D eigenvalue weighted by atomic mass is 9.67. The van der Waals surface area contributed by atoms with E-state index in [4.69, 9.17) is 4.99 Å². The van der Waals surface area contributed by atoms with E-state index >= 15 is 0 Å². The largest absolute Gasteiger partial charge is 0.357 e. The van der Waals surface area contributed by atoms with Gasteiger partial charge in [-0.25, -0.2) is 0 Å². The number of amides is 1. The summed E-state index contributed by atoms with van der Waals surface area (Å²) in [5.74, 6) is 1.26. The maximum atomic E-state index is 11.9. The maximum absolute atomic E-state index is 11.9. The van der Waals surface area contributed by atoms with Gasteiger partial charge in [0.05, 0.1) is 0 Å². The van der Waals surface area contributed by atoms with Gasteiger partial charge in [0.1, 0.15) is 0 Å². The van der Waals surface area contributed by atoms with Crippen molar-refractivity contribution in [2.24, 2.45) is 10.4 Å². The molecule has 1 saturated carbocycles. The smallest absolute Gasteiger partial charge is 0.222 e. The van der Waals surface area contributed by atoms with E-state index in [1.807, 2.05) is 0 Å². The van der Waals surface area contributed by atoms with Gasteiger partial charge in [-0.05, 0) is 50.9 Å². The Labute approximate surface area is 147 Å². The molecular weight excluding hydrogens is 300 g/mol. The molecule has 138 valence electrons. The van der Waals surface area contributed by atoms with Crippen LogP contribution in [0.1, 0.15) is 72.1 Å². The van der Waals surface area contributed by atoms with E-state index in [1.54, 1.807) is 0 Å². The highest BCUT2D eigenvalue weighted by Gasteiger charge is 2.34. The molecule has 2 fully saturated rings. The van der Waals surface area contributed by atoms with Gasteiger partial charge in [-0.1, -0.05) is 20.3 Å². The van der Waals surface area contributed by atoms with Crippen LogP contribution in [0.2, 0.25) is 0 Å². The number of carbonyl (C=O) groups is 1. The molecule has 1 aliphatic heterocycles. The van der Waals surface area contributed by atoms with Crippen molar-refractivity contribution in [3.05, 3.63) is 0 Å². The van der Waals surface area contributed by atoms with Gasteiger partial charge in [-0.3, -0.25) is 9.79 Å². The standard InChI is InChI=1S/C19H36N4O/c1-4-16(23-14-7-9-17(23)24)10-13-21-18(20-6-3)22-15-19(5-2)11-8-12-19/h16H,4-15H2,1-3H3,(H2,20,21,22). The van der Waals surface area contributed by atoms with Crippen molar-refractivity contribution in [2.45, 2.75) is 78.2 Å². The zero-order valence-corrected chi connectivity index (χ0v) is 15.9. The summed E-state index contributed by atoms with van der Waals surface area (Å²) in [6, 6.07) is 0.365. The first-order valence-corrected chi connectivity index (χ1v) is 9.95. The molecule has 0 spiro atoms. The summed E-state index contributed by atoms with van der Waals surface area (Å²) in [6.45, 7) is 10.2.